The van der Waals surface area contributed by atoms with Crippen molar-refractivity contribution >= 4 is 46.1 Å². The van der Waals surface area contributed by atoms with E-state index in [1.54, 1.807) is 0 Å². The molecule has 0 aliphatic rings. The number of rotatable bonds is 12. The van der Waals surface area contributed by atoms with E-state index in [-0.39, 0.29) is 13.2 Å². The smallest absolute Gasteiger partial charge is 0.330 e. The summed E-state index contributed by atoms with van der Waals surface area (Å²) in [6.07, 6.45) is 2.32. The monoisotopic (exact) mass is 580 g/mol. The Labute approximate surface area is 257 Å². The highest BCUT2D eigenvalue weighted by molar-refractivity contribution is 5.83. The minimum absolute atomic E-state index is 0.174. The predicted molar refractivity (Wildman–Crippen MR) is 176 cm³/mol. The van der Waals surface area contributed by atoms with Gasteiger partial charge in [0, 0.05) is 46.3 Å². The number of carbonyl (C=O) groups is 2. The van der Waals surface area contributed by atoms with Gasteiger partial charge in [0.2, 0.25) is 0 Å². The average Bonchev–Trinajstić information content (AvgIpc) is 3.08. The van der Waals surface area contributed by atoms with Crippen LogP contribution in [0.1, 0.15) is 11.1 Å². The quantitative estimate of drug-likeness (QED) is 0.108. The first-order chi connectivity index (χ1) is 21.6. The molecule has 5 aromatic carbocycles. The van der Waals surface area contributed by atoms with E-state index in [9.17, 15) is 9.59 Å². The molecule has 5 aromatic rings. The lowest BCUT2D eigenvalue weighted by molar-refractivity contribution is -0.139. The molecule has 218 valence electrons. The molecule has 0 aliphatic carbocycles. The second kappa shape index (κ2) is 14.3. The first-order valence-electron chi connectivity index (χ1n) is 14.1. The topological polar surface area (TPSA) is 59.1 Å². The lowest BCUT2D eigenvalue weighted by Crippen LogP contribution is -2.13. The Balaban J connectivity index is 1.51. The van der Waals surface area contributed by atoms with E-state index in [0.29, 0.717) is 0 Å². The van der Waals surface area contributed by atoms with Crippen LogP contribution < -0.4 is 9.80 Å². The van der Waals surface area contributed by atoms with Crippen LogP contribution >= 0.6 is 0 Å². The van der Waals surface area contributed by atoms with E-state index in [4.69, 9.17) is 9.47 Å². The van der Waals surface area contributed by atoms with Crippen molar-refractivity contribution < 1.29 is 19.1 Å². The van der Waals surface area contributed by atoms with Gasteiger partial charge in [-0.1, -0.05) is 79.9 Å². The molecular weight excluding hydrogens is 548 g/mol. The van der Waals surface area contributed by atoms with Crippen LogP contribution in [0, 0.1) is 0 Å². The number of ether oxygens (including phenoxy) is 2. The molecule has 6 heteroatoms. The van der Waals surface area contributed by atoms with Crippen molar-refractivity contribution in [2.24, 2.45) is 0 Å². The largest absolute Gasteiger partial charge is 0.458 e. The first kappa shape index (κ1) is 29.6. The molecule has 0 aliphatic heterocycles. The number of benzene rings is 5. The van der Waals surface area contributed by atoms with Crippen molar-refractivity contribution in [3.8, 4) is 0 Å². The fraction of sp³-hybridized carbons (Fsp3) is 0.0526. The van der Waals surface area contributed by atoms with Gasteiger partial charge in [0.15, 0.2) is 0 Å². The highest BCUT2D eigenvalue weighted by atomic mass is 16.5. The summed E-state index contributed by atoms with van der Waals surface area (Å²) in [6.45, 7) is 7.25. The van der Waals surface area contributed by atoms with Crippen molar-refractivity contribution in [3.05, 3.63) is 170 Å². The molecular formula is C38H32N2O4. The Morgan fingerprint density at radius 2 is 0.818 bits per heavy atom. The number of esters is 2. The van der Waals surface area contributed by atoms with Gasteiger partial charge < -0.3 is 19.3 Å². The van der Waals surface area contributed by atoms with Gasteiger partial charge in [-0.15, -0.1) is 0 Å². The lowest BCUT2D eigenvalue weighted by Gasteiger charge is -2.29. The van der Waals surface area contributed by atoms with Gasteiger partial charge in [-0.2, -0.15) is 0 Å². The SMILES string of the molecule is C=CC(=O)OCc1ccc(N(c2ccccc2)c2cccc(N(c3ccccc3)c3ccc(COC(=O)C=C)cc3)c2)cc1. The Morgan fingerprint density at radius 1 is 0.477 bits per heavy atom. The first-order valence-corrected chi connectivity index (χ1v) is 14.1. The van der Waals surface area contributed by atoms with Gasteiger partial charge in [0.25, 0.3) is 0 Å². The third-order valence-electron chi connectivity index (χ3n) is 6.86. The number of hydrogen-bond donors (Lipinski definition) is 0. The molecule has 5 rings (SSSR count). The minimum atomic E-state index is -0.453. The fourth-order valence-electron chi connectivity index (χ4n) is 4.73. The van der Waals surface area contributed by atoms with Crippen LogP contribution in [-0.2, 0) is 32.3 Å². The summed E-state index contributed by atoms with van der Waals surface area (Å²) in [5.74, 6) is -0.906. The second-order valence-corrected chi connectivity index (χ2v) is 9.82. The Kier molecular flexibility index (Phi) is 9.65. The Bertz CT molecular complexity index is 1590. The van der Waals surface area contributed by atoms with Gasteiger partial charge in [-0.3, -0.25) is 0 Å². The van der Waals surface area contributed by atoms with Crippen LogP contribution in [0.15, 0.2) is 159 Å². The Morgan fingerprint density at radius 3 is 1.18 bits per heavy atom. The standard InChI is InChI=1S/C38H32N2O4/c1-3-37(41)43-27-29-18-22-33(23-19-29)39(31-12-7-5-8-13-31)35-16-11-17-36(26-35)40(32-14-9-6-10-15-32)34-24-20-30(21-25-34)28-44-38(42)4-2/h3-26H,1-2,27-28H2. The number of carbonyl (C=O) groups excluding carboxylic acids is 2. The summed E-state index contributed by atoms with van der Waals surface area (Å²) in [7, 11) is 0. The highest BCUT2D eigenvalue weighted by Crippen LogP contribution is 2.40. The molecule has 0 spiro atoms. The molecule has 0 unspecified atom stereocenters. The molecule has 0 fully saturated rings. The maximum absolute atomic E-state index is 11.5. The van der Waals surface area contributed by atoms with E-state index < -0.39 is 11.9 Å². The second-order valence-electron chi connectivity index (χ2n) is 9.82. The summed E-state index contributed by atoms with van der Waals surface area (Å²) in [5.41, 5.74) is 7.60. The van der Waals surface area contributed by atoms with E-state index in [1.165, 1.54) is 0 Å². The van der Waals surface area contributed by atoms with Crippen molar-refractivity contribution in [1.82, 2.24) is 0 Å². The molecule has 0 heterocycles. The number of para-hydroxylation sites is 2. The predicted octanol–water partition coefficient (Wildman–Crippen LogP) is 9.08. The fourth-order valence-corrected chi connectivity index (χ4v) is 4.73. The third-order valence-corrected chi connectivity index (χ3v) is 6.86. The van der Waals surface area contributed by atoms with Crippen LogP contribution in [0.2, 0.25) is 0 Å². The van der Waals surface area contributed by atoms with Crippen molar-refractivity contribution in [1.29, 1.82) is 0 Å². The van der Waals surface area contributed by atoms with Gasteiger partial charge in [0.05, 0.1) is 0 Å². The zero-order valence-corrected chi connectivity index (χ0v) is 24.2. The molecule has 6 nitrogen and oxygen atoms in total. The molecule has 0 atom stereocenters. The normalized spacial score (nSPS) is 10.4. The summed E-state index contributed by atoms with van der Waals surface area (Å²) in [4.78, 5) is 27.4. The summed E-state index contributed by atoms with van der Waals surface area (Å²) in [5, 5.41) is 0. The van der Waals surface area contributed by atoms with Crippen LogP contribution in [0.5, 0.6) is 0 Å². The summed E-state index contributed by atoms with van der Waals surface area (Å²) >= 11 is 0. The average molecular weight is 581 g/mol. The van der Waals surface area contributed by atoms with Crippen LogP contribution in [0.3, 0.4) is 0 Å². The van der Waals surface area contributed by atoms with Crippen LogP contribution in [0.4, 0.5) is 34.1 Å². The molecule has 0 aromatic heterocycles. The molecule has 0 radical (unpaired) electrons. The summed E-state index contributed by atoms with van der Waals surface area (Å²) in [6, 6.07) is 44.6. The Hall–Kier alpha value is -5.88. The van der Waals surface area contributed by atoms with E-state index in [2.05, 4.69) is 65.4 Å². The minimum Gasteiger partial charge on any atom is -0.458 e. The number of nitrogens with zero attached hydrogens (tertiary/aromatic N) is 2. The van der Waals surface area contributed by atoms with E-state index in [0.717, 1.165) is 57.4 Å². The number of hydrogen-bond acceptors (Lipinski definition) is 6. The highest BCUT2D eigenvalue weighted by Gasteiger charge is 2.17. The molecule has 0 amide bonds. The van der Waals surface area contributed by atoms with Gasteiger partial charge in [-0.25, -0.2) is 9.59 Å². The van der Waals surface area contributed by atoms with Crippen LogP contribution in [-0.4, -0.2) is 11.9 Å². The van der Waals surface area contributed by atoms with Crippen molar-refractivity contribution in [2.45, 2.75) is 13.2 Å². The zero-order chi connectivity index (χ0) is 30.7. The van der Waals surface area contributed by atoms with Gasteiger partial charge in [0.1, 0.15) is 13.2 Å². The molecule has 0 saturated carbocycles. The van der Waals surface area contributed by atoms with Gasteiger partial charge >= 0.3 is 11.9 Å². The summed E-state index contributed by atoms with van der Waals surface area (Å²) < 4.78 is 10.4. The van der Waals surface area contributed by atoms with Gasteiger partial charge in [-0.05, 0) is 77.9 Å². The van der Waals surface area contributed by atoms with Crippen molar-refractivity contribution in [3.63, 3.8) is 0 Å². The molecule has 0 N–H and O–H groups in total. The maximum atomic E-state index is 11.5. The van der Waals surface area contributed by atoms with Crippen molar-refractivity contribution in [2.75, 3.05) is 9.80 Å². The maximum Gasteiger partial charge on any atom is 0.330 e. The molecule has 0 bridgehead atoms. The zero-order valence-electron chi connectivity index (χ0n) is 24.2. The van der Waals surface area contributed by atoms with E-state index >= 15 is 0 Å². The number of anilines is 6. The molecule has 44 heavy (non-hydrogen) atoms. The van der Waals surface area contributed by atoms with Crippen LogP contribution in [0.25, 0.3) is 0 Å². The van der Waals surface area contributed by atoms with E-state index in [1.807, 2.05) is 91.0 Å². The third kappa shape index (κ3) is 7.30. The molecule has 0 saturated heterocycles. The lowest BCUT2D eigenvalue weighted by atomic mass is 10.1.